The molecule has 0 bridgehead atoms. The third-order valence-electron chi connectivity index (χ3n) is 2.58. The summed E-state index contributed by atoms with van der Waals surface area (Å²) in [6, 6.07) is 8.09. The summed E-state index contributed by atoms with van der Waals surface area (Å²) in [6.45, 7) is 5.87. The van der Waals surface area contributed by atoms with Crippen LogP contribution in [-0.4, -0.2) is 4.98 Å². The van der Waals surface area contributed by atoms with Gasteiger partial charge in [0.2, 0.25) is 0 Å². The predicted octanol–water partition coefficient (Wildman–Crippen LogP) is 2.97. The molecule has 2 heteroatoms. The number of hydrogen-bond acceptors (Lipinski definition) is 2. The second kappa shape index (κ2) is 3.73. The molecule has 0 aliphatic carbocycles. The van der Waals surface area contributed by atoms with E-state index in [0.29, 0.717) is 5.70 Å². The average Bonchev–Trinajstić information content (AvgIpc) is 2.27. The first-order chi connectivity index (χ1) is 7.22. The van der Waals surface area contributed by atoms with Crippen LogP contribution in [0.4, 0.5) is 0 Å². The number of pyridine rings is 1. The fourth-order valence-corrected chi connectivity index (χ4v) is 1.72. The summed E-state index contributed by atoms with van der Waals surface area (Å²) in [5, 5.41) is 1.20. The van der Waals surface area contributed by atoms with Crippen LogP contribution in [0.25, 0.3) is 16.6 Å². The lowest BCUT2D eigenvalue weighted by Gasteiger charge is -2.05. The third-order valence-corrected chi connectivity index (χ3v) is 2.58. The van der Waals surface area contributed by atoms with E-state index in [1.54, 1.807) is 0 Å². The monoisotopic (exact) mass is 200 g/mol. The van der Waals surface area contributed by atoms with Gasteiger partial charge in [-0.1, -0.05) is 25.6 Å². The quantitative estimate of drug-likeness (QED) is 0.809. The van der Waals surface area contributed by atoms with Crippen molar-refractivity contribution in [1.82, 2.24) is 4.98 Å². The zero-order chi connectivity index (χ0) is 10.8. The molecule has 0 amide bonds. The second-order valence-corrected chi connectivity index (χ2v) is 3.58. The molecule has 2 N–H and O–H groups in total. The van der Waals surface area contributed by atoms with E-state index in [9.17, 15) is 0 Å². The van der Waals surface area contributed by atoms with Crippen molar-refractivity contribution in [3.8, 4) is 0 Å². The van der Waals surface area contributed by atoms with Crippen LogP contribution >= 0.6 is 0 Å². The lowest BCUT2D eigenvalue weighted by molar-refractivity contribution is 1.15. The van der Waals surface area contributed by atoms with Gasteiger partial charge in [0, 0.05) is 18.7 Å². The van der Waals surface area contributed by atoms with Crippen LogP contribution in [0.1, 0.15) is 19.5 Å². The first-order valence-electron chi connectivity index (χ1n) is 5.04. The molecule has 0 radical (unpaired) electrons. The van der Waals surface area contributed by atoms with E-state index in [4.69, 9.17) is 5.73 Å². The number of benzene rings is 1. The van der Waals surface area contributed by atoms with E-state index in [0.717, 1.165) is 17.5 Å². The Morgan fingerprint density at radius 3 is 2.93 bits per heavy atom. The standard InChI is InChI=1S/C13H14N2.H2/c1-3-10-6-7-15-13-8-11(9(2)14)4-5-12(10)13;/h4-8H,2-3,14H2,1H3;1H. The lowest BCUT2D eigenvalue weighted by atomic mass is 10.0. The second-order valence-electron chi connectivity index (χ2n) is 3.58. The first kappa shape index (κ1) is 9.71. The van der Waals surface area contributed by atoms with Crippen molar-refractivity contribution in [1.29, 1.82) is 0 Å². The van der Waals surface area contributed by atoms with Gasteiger partial charge in [-0.3, -0.25) is 4.98 Å². The predicted molar refractivity (Wildman–Crippen MR) is 66.5 cm³/mol. The Hall–Kier alpha value is -1.83. The molecule has 2 rings (SSSR count). The van der Waals surface area contributed by atoms with Crippen molar-refractivity contribution in [2.75, 3.05) is 0 Å². The zero-order valence-electron chi connectivity index (χ0n) is 8.83. The Labute approximate surface area is 90.9 Å². The van der Waals surface area contributed by atoms with Gasteiger partial charge in [0.1, 0.15) is 0 Å². The maximum atomic E-state index is 5.65. The number of aromatic nitrogens is 1. The molecule has 0 atom stereocenters. The molecule has 2 aromatic rings. The largest absolute Gasteiger partial charge is 0.399 e. The van der Waals surface area contributed by atoms with Gasteiger partial charge in [0.05, 0.1) is 5.52 Å². The average molecular weight is 200 g/mol. The maximum Gasteiger partial charge on any atom is 0.0711 e. The normalized spacial score (nSPS) is 10.5. The number of fused-ring (bicyclic) bond motifs is 1. The Kier molecular flexibility index (Phi) is 2.42. The topological polar surface area (TPSA) is 38.9 Å². The third kappa shape index (κ3) is 1.71. The fourth-order valence-electron chi connectivity index (χ4n) is 1.72. The highest BCUT2D eigenvalue weighted by molar-refractivity contribution is 5.85. The van der Waals surface area contributed by atoms with Gasteiger partial charge in [0.15, 0.2) is 0 Å². The Morgan fingerprint density at radius 2 is 2.27 bits per heavy atom. The highest BCUT2D eigenvalue weighted by atomic mass is 14.6. The number of rotatable bonds is 2. The van der Waals surface area contributed by atoms with Crippen molar-refractivity contribution < 1.29 is 1.43 Å². The molecule has 0 fully saturated rings. The highest BCUT2D eigenvalue weighted by Gasteiger charge is 2.01. The van der Waals surface area contributed by atoms with Crippen molar-refractivity contribution >= 4 is 16.6 Å². The van der Waals surface area contributed by atoms with Gasteiger partial charge in [-0.15, -0.1) is 0 Å². The number of aryl methyl sites for hydroxylation is 1. The van der Waals surface area contributed by atoms with Crippen LogP contribution in [0.2, 0.25) is 0 Å². The first-order valence-corrected chi connectivity index (χ1v) is 5.04. The molecule has 0 spiro atoms. The molecule has 1 aromatic carbocycles. The van der Waals surface area contributed by atoms with Gasteiger partial charge in [-0.25, -0.2) is 0 Å². The molecule has 0 aliphatic heterocycles. The fraction of sp³-hybridized carbons (Fsp3) is 0.154. The molecule has 0 saturated heterocycles. The molecule has 0 aliphatic rings. The van der Waals surface area contributed by atoms with E-state index in [1.807, 2.05) is 18.3 Å². The van der Waals surface area contributed by atoms with Crippen molar-refractivity contribution in [2.24, 2.45) is 5.73 Å². The van der Waals surface area contributed by atoms with Crippen LogP contribution in [0.5, 0.6) is 0 Å². The molecule has 0 saturated carbocycles. The van der Waals surface area contributed by atoms with Crippen molar-refractivity contribution in [3.63, 3.8) is 0 Å². The molecule has 0 unspecified atom stereocenters. The Morgan fingerprint density at radius 1 is 1.47 bits per heavy atom. The minimum absolute atomic E-state index is 0. The summed E-state index contributed by atoms with van der Waals surface area (Å²) in [7, 11) is 0. The van der Waals surface area contributed by atoms with E-state index >= 15 is 0 Å². The molecular formula is C13H16N2. The minimum atomic E-state index is 0. The van der Waals surface area contributed by atoms with E-state index in [2.05, 4.69) is 30.6 Å². The van der Waals surface area contributed by atoms with Gasteiger partial charge < -0.3 is 5.73 Å². The molecule has 15 heavy (non-hydrogen) atoms. The van der Waals surface area contributed by atoms with Crippen LogP contribution in [-0.2, 0) is 6.42 Å². The molecule has 1 aromatic heterocycles. The SMILES string of the molecule is C=C(N)c1ccc2c(CC)ccnc2c1.[HH]. The summed E-state index contributed by atoms with van der Waals surface area (Å²) >= 11 is 0. The minimum Gasteiger partial charge on any atom is -0.399 e. The van der Waals surface area contributed by atoms with Gasteiger partial charge in [-0.2, -0.15) is 0 Å². The molecule has 1 heterocycles. The van der Waals surface area contributed by atoms with Gasteiger partial charge in [0.25, 0.3) is 0 Å². The maximum absolute atomic E-state index is 5.65. The van der Waals surface area contributed by atoms with E-state index in [-0.39, 0.29) is 1.43 Å². The summed E-state index contributed by atoms with van der Waals surface area (Å²) in [4.78, 5) is 4.34. The van der Waals surface area contributed by atoms with Crippen LogP contribution in [0, 0.1) is 0 Å². The number of nitrogens with zero attached hydrogens (tertiary/aromatic N) is 1. The summed E-state index contributed by atoms with van der Waals surface area (Å²) < 4.78 is 0. The Bertz CT molecular complexity index is 520. The summed E-state index contributed by atoms with van der Waals surface area (Å²) in [5.41, 5.74) is 9.48. The Balaban J connectivity index is 0.00000128. The lowest BCUT2D eigenvalue weighted by Crippen LogP contribution is -1.94. The van der Waals surface area contributed by atoms with Crippen LogP contribution in [0.3, 0.4) is 0 Å². The van der Waals surface area contributed by atoms with E-state index in [1.165, 1.54) is 10.9 Å². The summed E-state index contributed by atoms with van der Waals surface area (Å²) in [6.07, 6.45) is 2.85. The number of nitrogens with two attached hydrogens (primary N) is 1. The zero-order valence-corrected chi connectivity index (χ0v) is 8.83. The van der Waals surface area contributed by atoms with Gasteiger partial charge >= 0.3 is 0 Å². The van der Waals surface area contributed by atoms with E-state index < -0.39 is 0 Å². The van der Waals surface area contributed by atoms with Gasteiger partial charge in [-0.05, 0) is 29.7 Å². The van der Waals surface area contributed by atoms with Crippen LogP contribution < -0.4 is 5.73 Å². The smallest absolute Gasteiger partial charge is 0.0711 e. The highest BCUT2D eigenvalue weighted by Crippen LogP contribution is 2.20. The van der Waals surface area contributed by atoms with Crippen molar-refractivity contribution in [3.05, 3.63) is 48.2 Å². The molecular weight excluding hydrogens is 184 g/mol. The summed E-state index contributed by atoms with van der Waals surface area (Å²) in [5.74, 6) is 0. The molecule has 78 valence electrons. The van der Waals surface area contributed by atoms with Crippen LogP contribution in [0.15, 0.2) is 37.0 Å². The van der Waals surface area contributed by atoms with Crippen molar-refractivity contribution in [2.45, 2.75) is 13.3 Å². The number of hydrogen-bond donors (Lipinski definition) is 1. The molecule has 2 nitrogen and oxygen atoms in total.